The molecule has 30 heavy (non-hydrogen) atoms. The van der Waals surface area contributed by atoms with Crippen LogP contribution in [-0.4, -0.2) is 51.2 Å². The average molecular weight is 424 g/mol. The number of benzene rings is 2. The molecule has 2 aromatic carbocycles. The van der Waals surface area contributed by atoms with Gasteiger partial charge in [-0.3, -0.25) is 4.79 Å². The molecule has 8 nitrogen and oxygen atoms in total. The van der Waals surface area contributed by atoms with Gasteiger partial charge in [0, 0.05) is 0 Å². The molecule has 0 saturated carbocycles. The number of halogens is 1. The number of amides is 1. The standard InChI is InChI=1S/C20H17FN6O2S/c21-12-5-6-14-18(9-12)30-20(25-14)26-16-11-29-10-15(16)24-19(28)13-3-1-2-4-17(13)27-22-7-8-23-27/h1-9,15-16H,10-11H2,(H,24,28)(H,25,26)/t15-,16-/m1/s1. The number of carbonyl (C=O) groups is 1. The van der Waals surface area contributed by atoms with Crippen molar-refractivity contribution in [2.45, 2.75) is 12.1 Å². The molecule has 4 aromatic rings. The molecule has 0 unspecified atom stereocenters. The first-order valence-corrected chi connectivity index (χ1v) is 10.2. The van der Waals surface area contributed by atoms with E-state index in [9.17, 15) is 9.18 Å². The maximum Gasteiger partial charge on any atom is 0.253 e. The fourth-order valence-corrected chi connectivity index (χ4v) is 4.34. The first kappa shape index (κ1) is 18.6. The minimum atomic E-state index is -0.294. The third kappa shape index (κ3) is 3.62. The van der Waals surface area contributed by atoms with Crippen LogP contribution < -0.4 is 10.6 Å². The predicted molar refractivity (Wildman–Crippen MR) is 110 cm³/mol. The summed E-state index contributed by atoms with van der Waals surface area (Å²) in [4.78, 5) is 18.9. The minimum absolute atomic E-state index is 0.158. The van der Waals surface area contributed by atoms with Gasteiger partial charge >= 0.3 is 0 Å². The Bertz CT molecular complexity index is 1200. The van der Waals surface area contributed by atoms with Crippen molar-refractivity contribution >= 4 is 32.6 Å². The summed E-state index contributed by atoms with van der Waals surface area (Å²) < 4.78 is 19.8. The number of anilines is 1. The Morgan fingerprint density at radius 1 is 1.13 bits per heavy atom. The molecular formula is C20H17FN6O2S. The highest BCUT2D eigenvalue weighted by Gasteiger charge is 2.31. The molecular weight excluding hydrogens is 407 g/mol. The minimum Gasteiger partial charge on any atom is -0.377 e. The van der Waals surface area contributed by atoms with Crippen LogP contribution in [0.1, 0.15) is 10.4 Å². The highest BCUT2D eigenvalue weighted by Crippen LogP contribution is 2.28. The number of nitrogens with zero attached hydrogens (tertiary/aromatic N) is 4. The Kier molecular flexibility index (Phi) is 4.85. The molecule has 2 N–H and O–H groups in total. The summed E-state index contributed by atoms with van der Waals surface area (Å²) in [6.07, 6.45) is 3.12. The smallest absolute Gasteiger partial charge is 0.253 e. The molecule has 3 heterocycles. The van der Waals surface area contributed by atoms with Gasteiger partial charge in [-0.05, 0) is 30.3 Å². The van der Waals surface area contributed by atoms with Gasteiger partial charge in [-0.25, -0.2) is 9.37 Å². The molecule has 1 amide bonds. The highest BCUT2D eigenvalue weighted by atomic mass is 32.1. The van der Waals surface area contributed by atoms with Crippen molar-refractivity contribution in [2.24, 2.45) is 0 Å². The largest absolute Gasteiger partial charge is 0.377 e. The van der Waals surface area contributed by atoms with Crippen molar-refractivity contribution in [3.05, 3.63) is 66.2 Å². The molecule has 152 valence electrons. The van der Waals surface area contributed by atoms with Crippen LogP contribution in [-0.2, 0) is 4.74 Å². The van der Waals surface area contributed by atoms with Crippen LogP contribution in [0.5, 0.6) is 0 Å². The van der Waals surface area contributed by atoms with Crippen molar-refractivity contribution in [3.63, 3.8) is 0 Å². The van der Waals surface area contributed by atoms with Gasteiger partial charge in [-0.15, -0.1) is 0 Å². The van der Waals surface area contributed by atoms with Gasteiger partial charge in [-0.1, -0.05) is 23.5 Å². The fourth-order valence-electron chi connectivity index (χ4n) is 3.38. The molecule has 1 aliphatic rings. The van der Waals surface area contributed by atoms with Crippen LogP contribution >= 0.6 is 11.3 Å². The number of para-hydroxylation sites is 1. The molecule has 0 aliphatic carbocycles. The average Bonchev–Trinajstić information content (AvgIpc) is 3.49. The first-order chi connectivity index (χ1) is 14.7. The second-order valence-electron chi connectivity index (χ2n) is 6.83. The molecule has 2 atom stereocenters. The van der Waals surface area contributed by atoms with Gasteiger partial charge in [-0.2, -0.15) is 15.0 Å². The summed E-state index contributed by atoms with van der Waals surface area (Å²) in [6, 6.07) is 11.2. The zero-order valence-corrected chi connectivity index (χ0v) is 16.5. The topological polar surface area (TPSA) is 94.0 Å². The van der Waals surface area contributed by atoms with E-state index >= 15 is 0 Å². The molecule has 0 radical (unpaired) electrons. The number of thiazole rings is 1. The Labute approximate surface area is 174 Å². The second-order valence-corrected chi connectivity index (χ2v) is 7.87. The summed E-state index contributed by atoms with van der Waals surface area (Å²) in [5, 5.41) is 15.2. The number of ether oxygens (including phenoxy) is 1. The maximum absolute atomic E-state index is 13.4. The second kappa shape index (κ2) is 7.81. The van der Waals surface area contributed by atoms with E-state index in [-0.39, 0.29) is 23.8 Å². The Balaban J connectivity index is 1.33. The third-order valence-corrected chi connectivity index (χ3v) is 5.79. The molecule has 1 fully saturated rings. The van der Waals surface area contributed by atoms with E-state index in [1.54, 1.807) is 36.7 Å². The van der Waals surface area contributed by atoms with E-state index < -0.39 is 0 Å². The maximum atomic E-state index is 13.4. The summed E-state index contributed by atoms with van der Waals surface area (Å²) >= 11 is 1.37. The van der Waals surface area contributed by atoms with Crippen molar-refractivity contribution in [3.8, 4) is 5.69 Å². The lowest BCUT2D eigenvalue weighted by molar-refractivity contribution is 0.0928. The molecule has 5 rings (SSSR count). The molecule has 0 bridgehead atoms. The summed E-state index contributed by atoms with van der Waals surface area (Å²) in [7, 11) is 0. The zero-order chi connectivity index (χ0) is 20.5. The molecule has 0 spiro atoms. The lowest BCUT2D eigenvalue weighted by atomic mass is 10.1. The van der Waals surface area contributed by atoms with Gasteiger partial charge in [0.05, 0.1) is 59.2 Å². The third-order valence-electron chi connectivity index (χ3n) is 4.84. The van der Waals surface area contributed by atoms with E-state index in [1.807, 2.05) is 6.07 Å². The number of hydrogen-bond donors (Lipinski definition) is 2. The molecule has 2 aromatic heterocycles. The van der Waals surface area contributed by atoms with E-state index in [0.29, 0.717) is 29.6 Å². The van der Waals surface area contributed by atoms with Crippen LogP contribution in [0, 0.1) is 5.82 Å². The summed E-state index contributed by atoms with van der Waals surface area (Å²) in [6.45, 7) is 0.808. The lowest BCUT2D eigenvalue weighted by Crippen LogP contribution is -2.46. The number of fused-ring (bicyclic) bond motifs is 1. The fraction of sp³-hybridized carbons (Fsp3) is 0.200. The van der Waals surface area contributed by atoms with Crippen LogP contribution in [0.3, 0.4) is 0 Å². The van der Waals surface area contributed by atoms with Crippen molar-refractivity contribution in [1.82, 2.24) is 25.3 Å². The van der Waals surface area contributed by atoms with E-state index in [4.69, 9.17) is 4.74 Å². The quantitative estimate of drug-likeness (QED) is 0.512. The predicted octanol–water partition coefficient (Wildman–Crippen LogP) is 2.63. The van der Waals surface area contributed by atoms with E-state index in [1.165, 1.54) is 28.3 Å². The number of rotatable bonds is 5. The first-order valence-electron chi connectivity index (χ1n) is 9.34. The molecule has 1 aliphatic heterocycles. The van der Waals surface area contributed by atoms with Crippen molar-refractivity contribution in [2.75, 3.05) is 18.5 Å². The van der Waals surface area contributed by atoms with Gasteiger partial charge < -0.3 is 15.4 Å². The van der Waals surface area contributed by atoms with Crippen LogP contribution in [0.25, 0.3) is 15.9 Å². The number of hydrogen-bond acceptors (Lipinski definition) is 7. The van der Waals surface area contributed by atoms with Gasteiger partial charge in [0.15, 0.2) is 5.13 Å². The Morgan fingerprint density at radius 2 is 1.93 bits per heavy atom. The summed E-state index contributed by atoms with van der Waals surface area (Å²) in [5.74, 6) is -0.533. The van der Waals surface area contributed by atoms with Gasteiger partial charge in [0.1, 0.15) is 5.82 Å². The van der Waals surface area contributed by atoms with Crippen LogP contribution in [0.4, 0.5) is 9.52 Å². The van der Waals surface area contributed by atoms with Gasteiger partial charge in [0.25, 0.3) is 5.91 Å². The van der Waals surface area contributed by atoms with Crippen molar-refractivity contribution in [1.29, 1.82) is 0 Å². The van der Waals surface area contributed by atoms with Gasteiger partial charge in [0.2, 0.25) is 0 Å². The zero-order valence-electron chi connectivity index (χ0n) is 15.7. The lowest BCUT2D eigenvalue weighted by Gasteiger charge is -2.20. The van der Waals surface area contributed by atoms with Crippen molar-refractivity contribution < 1.29 is 13.9 Å². The monoisotopic (exact) mass is 424 g/mol. The Morgan fingerprint density at radius 3 is 2.80 bits per heavy atom. The molecule has 1 saturated heterocycles. The SMILES string of the molecule is O=C(N[C@@H]1COC[C@H]1Nc1nc2ccc(F)cc2s1)c1ccccc1-n1nccn1. The highest BCUT2D eigenvalue weighted by molar-refractivity contribution is 7.22. The van der Waals surface area contributed by atoms with E-state index in [2.05, 4.69) is 25.8 Å². The van der Waals surface area contributed by atoms with Crippen LogP contribution in [0.2, 0.25) is 0 Å². The van der Waals surface area contributed by atoms with E-state index in [0.717, 1.165) is 10.2 Å². The number of aromatic nitrogens is 4. The van der Waals surface area contributed by atoms with Crippen LogP contribution in [0.15, 0.2) is 54.9 Å². The summed E-state index contributed by atoms with van der Waals surface area (Å²) in [5.41, 5.74) is 1.79. The number of nitrogens with one attached hydrogen (secondary N) is 2. The Hall–Kier alpha value is -3.37. The molecule has 10 heteroatoms. The number of carbonyl (C=O) groups excluding carboxylic acids is 1. The normalized spacial score (nSPS) is 18.6.